The molecular weight excluding hydrogens is 348 g/mol. The second kappa shape index (κ2) is 9.40. The average Bonchev–Trinajstić information content (AvgIpc) is 2.74. The number of hydrogen-bond acceptors (Lipinski definition) is 2. The first-order chi connectivity index (χ1) is 13.6. The highest BCUT2D eigenvalue weighted by molar-refractivity contribution is 5.94. The van der Waals surface area contributed by atoms with Crippen molar-refractivity contribution in [1.29, 1.82) is 0 Å². The quantitative estimate of drug-likeness (QED) is 0.634. The van der Waals surface area contributed by atoms with Gasteiger partial charge in [-0.1, -0.05) is 49.4 Å². The van der Waals surface area contributed by atoms with Gasteiger partial charge < -0.3 is 15.5 Å². The van der Waals surface area contributed by atoms with Gasteiger partial charge in [0.05, 0.1) is 0 Å². The number of guanidine groups is 1. The standard InChI is InChI=1S/C23H30N4O/c1-17-16-27(13-12-21(17)19-9-5-4-6-10-19)23(25-3)26-15-18-8-7-11-20(14-18)22(28)24-2/h4-11,14,17,21H,12-13,15-16H2,1-3H3,(H,24,28)(H,25,26). The van der Waals surface area contributed by atoms with E-state index in [1.165, 1.54) is 5.56 Å². The molecule has 2 N–H and O–H groups in total. The summed E-state index contributed by atoms with van der Waals surface area (Å²) in [4.78, 5) is 18.7. The Bertz CT molecular complexity index is 818. The molecule has 1 fully saturated rings. The van der Waals surface area contributed by atoms with Crippen LogP contribution in [-0.2, 0) is 6.54 Å². The number of benzene rings is 2. The number of carbonyl (C=O) groups excluding carboxylic acids is 1. The molecule has 2 atom stereocenters. The molecule has 148 valence electrons. The first-order valence-electron chi connectivity index (χ1n) is 9.94. The molecule has 2 aromatic rings. The van der Waals surface area contributed by atoms with Crippen molar-refractivity contribution in [1.82, 2.24) is 15.5 Å². The van der Waals surface area contributed by atoms with Crippen molar-refractivity contribution in [2.45, 2.75) is 25.8 Å². The molecule has 0 saturated carbocycles. The Labute approximate surface area is 167 Å². The van der Waals surface area contributed by atoms with Crippen LogP contribution in [0.1, 0.15) is 40.7 Å². The second-order valence-electron chi connectivity index (χ2n) is 7.41. The highest BCUT2D eigenvalue weighted by Crippen LogP contribution is 2.32. The number of rotatable bonds is 4. The van der Waals surface area contributed by atoms with Crippen LogP contribution >= 0.6 is 0 Å². The molecule has 0 spiro atoms. The SMILES string of the molecule is CN=C(NCc1cccc(C(=O)NC)c1)N1CCC(c2ccccc2)C(C)C1. The number of piperidine rings is 1. The lowest BCUT2D eigenvalue weighted by molar-refractivity contribution is 0.0963. The number of hydrogen-bond donors (Lipinski definition) is 2. The van der Waals surface area contributed by atoms with Gasteiger partial charge in [0.15, 0.2) is 5.96 Å². The predicted octanol–water partition coefficient (Wildman–Crippen LogP) is 3.25. The van der Waals surface area contributed by atoms with Crippen molar-refractivity contribution in [3.8, 4) is 0 Å². The molecule has 28 heavy (non-hydrogen) atoms. The van der Waals surface area contributed by atoms with Crippen LogP contribution in [0.3, 0.4) is 0 Å². The average molecular weight is 379 g/mol. The summed E-state index contributed by atoms with van der Waals surface area (Å²) in [6.07, 6.45) is 1.12. The zero-order chi connectivity index (χ0) is 19.9. The Hall–Kier alpha value is -2.82. The molecule has 0 aliphatic carbocycles. The van der Waals surface area contributed by atoms with Gasteiger partial charge in [0.2, 0.25) is 0 Å². The van der Waals surface area contributed by atoms with Gasteiger partial charge in [-0.15, -0.1) is 0 Å². The molecule has 2 aromatic carbocycles. The van der Waals surface area contributed by atoms with E-state index < -0.39 is 0 Å². The Morgan fingerprint density at radius 2 is 1.96 bits per heavy atom. The smallest absolute Gasteiger partial charge is 0.251 e. The fraction of sp³-hybridized carbons (Fsp3) is 0.391. The molecule has 0 bridgehead atoms. The van der Waals surface area contributed by atoms with E-state index in [0.717, 1.165) is 31.0 Å². The summed E-state index contributed by atoms with van der Waals surface area (Å²) < 4.78 is 0. The summed E-state index contributed by atoms with van der Waals surface area (Å²) in [6.45, 7) is 4.94. The predicted molar refractivity (Wildman–Crippen MR) is 115 cm³/mol. The van der Waals surface area contributed by atoms with Crippen LogP contribution in [0.5, 0.6) is 0 Å². The van der Waals surface area contributed by atoms with Gasteiger partial charge >= 0.3 is 0 Å². The summed E-state index contributed by atoms with van der Waals surface area (Å²) in [5.74, 6) is 2.01. The van der Waals surface area contributed by atoms with Gasteiger partial charge in [0.1, 0.15) is 0 Å². The maximum absolute atomic E-state index is 11.8. The van der Waals surface area contributed by atoms with E-state index in [2.05, 4.69) is 57.8 Å². The molecule has 1 aliphatic heterocycles. The van der Waals surface area contributed by atoms with Gasteiger partial charge in [-0.2, -0.15) is 0 Å². The van der Waals surface area contributed by atoms with Crippen LogP contribution in [0.4, 0.5) is 0 Å². The largest absolute Gasteiger partial charge is 0.355 e. The Morgan fingerprint density at radius 3 is 2.64 bits per heavy atom. The van der Waals surface area contributed by atoms with Crippen molar-refractivity contribution in [2.75, 3.05) is 27.2 Å². The highest BCUT2D eigenvalue weighted by atomic mass is 16.1. The van der Waals surface area contributed by atoms with E-state index in [9.17, 15) is 4.79 Å². The number of nitrogens with one attached hydrogen (secondary N) is 2. The minimum absolute atomic E-state index is 0.0666. The summed E-state index contributed by atoms with van der Waals surface area (Å²) in [6, 6.07) is 18.5. The monoisotopic (exact) mass is 378 g/mol. The number of carbonyl (C=O) groups is 1. The third kappa shape index (κ3) is 4.71. The number of nitrogens with zero attached hydrogens (tertiary/aromatic N) is 2. The lowest BCUT2D eigenvalue weighted by atomic mass is 9.82. The minimum Gasteiger partial charge on any atom is -0.355 e. The Balaban J connectivity index is 1.60. The highest BCUT2D eigenvalue weighted by Gasteiger charge is 2.28. The molecule has 2 unspecified atom stereocenters. The number of likely N-dealkylation sites (tertiary alicyclic amines) is 1. The fourth-order valence-corrected chi connectivity index (χ4v) is 4.01. The Kier molecular flexibility index (Phi) is 6.69. The topological polar surface area (TPSA) is 56.7 Å². The van der Waals surface area contributed by atoms with Crippen LogP contribution in [0.15, 0.2) is 59.6 Å². The Morgan fingerprint density at radius 1 is 1.18 bits per heavy atom. The van der Waals surface area contributed by atoms with Crippen LogP contribution < -0.4 is 10.6 Å². The molecule has 3 rings (SSSR count). The molecule has 1 heterocycles. The van der Waals surface area contributed by atoms with E-state index in [4.69, 9.17) is 0 Å². The molecule has 5 nitrogen and oxygen atoms in total. The molecular formula is C23H30N4O. The van der Waals surface area contributed by atoms with Gasteiger partial charge in [0.25, 0.3) is 5.91 Å². The summed E-state index contributed by atoms with van der Waals surface area (Å²) in [5, 5.41) is 6.13. The lowest BCUT2D eigenvalue weighted by Gasteiger charge is -2.39. The molecule has 5 heteroatoms. The molecule has 1 aliphatic rings. The third-order valence-electron chi connectivity index (χ3n) is 5.51. The van der Waals surface area contributed by atoms with Crippen molar-refractivity contribution >= 4 is 11.9 Å². The van der Waals surface area contributed by atoms with E-state index >= 15 is 0 Å². The molecule has 1 saturated heterocycles. The first-order valence-corrected chi connectivity index (χ1v) is 9.94. The first kappa shape index (κ1) is 19.9. The van der Waals surface area contributed by atoms with Crippen molar-refractivity contribution < 1.29 is 4.79 Å². The normalized spacial score (nSPS) is 20.0. The maximum atomic E-state index is 11.8. The molecule has 0 radical (unpaired) electrons. The third-order valence-corrected chi connectivity index (χ3v) is 5.51. The van der Waals surface area contributed by atoms with Crippen molar-refractivity contribution in [3.05, 3.63) is 71.3 Å². The summed E-state index contributed by atoms with van der Waals surface area (Å²) >= 11 is 0. The lowest BCUT2D eigenvalue weighted by Crippen LogP contribution is -2.47. The maximum Gasteiger partial charge on any atom is 0.251 e. The number of aliphatic imine (C=N–C) groups is 1. The second-order valence-corrected chi connectivity index (χ2v) is 7.41. The van der Waals surface area contributed by atoms with Crippen LogP contribution in [0, 0.1) is 5.92 Å². The van der Waals surface area contributed by atoms with Crippen molar-refractivity contribution in [3.63, 3.8) is 0 Å². The fourth-order valence-electron chi connectivity index (χ4n) is 4.01. The van der Waals surface area contributed by atoms with Crippen LogP contribution in [0.25, 0.3) is 0 Å². The zero-order valence-electron chi connectivity index (χ0n) is 17.0. The minimum atomic E-state index is -0.0666. The summed E-state index contributed by atoms with van der Waals surface area (Å²) in [5.41, 5.74) is 3.17. The van der Waals surface area contributed by atoms with Gasteiger partial charge in [-0.25, -0.2) is 0 Å². The van der Waals surface area contributed by atoms with E-state index in [-0.39, 0.29) is 5.91 Å². The van der Waals surface area contributed by atoms with Gasteiger partial charge in [0, 0.05) is 39.3 Å². The van der Waals surface area contributed by atoms with Crippen LogP contribution in [0.2, 0.25) is 0 Å². The summed E-state index contributed by atoms with van der Waals surface area (Å²) in [7, 11) is 3.48. The number of amides is 1. The van der Waals surface area contributed by atoms with Crippen molar-refractivity contribution in [2.24, 2.45) is 10.9 Å². The zero-order valence-corrected chi connectivity index (χ0v) is 17.0. The molecule has 1 amide bonds. The van der Waals surface area contributed by atoms with E-state index in [0.29, 0.717) is 23.9 Å². The molecule has 0 aromatic heterocycles. The van der Waals surface area contributed by atoms with Gasteiger partial charge in [-0.3, -0.25) is 9.79 Å². The van der Waals surface area contributed by atoms with E-state index in [1.54, 1.807) is 7.05 Å². The van der Waals surface area contributed by atoms with Gasteiger partial charge in [-0.05, 0) is 41.5 Å². The van der Waals surface area contributed by atoms with Crippen LogP contribution in [-0.4, -0.2) is 44.0 Å². The van der Waals surface area contributed by atoms with E-state index in [1.807, 2.05) is 31.3 Å².